The van der Waals surface area contributed by atoms with Crippen LogP contribution in [0.25, 0.3) is 22.2 Å². The topological polar surface area (TPSA) is 75.1 Å². The highest BCUT2D eigenvalue weighted by atomic mass is 16.5. The first-order valence-electron chi connectivity index (χ1n) is 6.09. The smallest absolute Gasteiger partial charge is 0.297 e. The van der Waals surface area contributed by atoms with Crippen LogP contribution in [0.2, 0.25) is 0 Å². The van der Waals surface area contributed by atoms with E-state index in [0.717, 1.165) is 21.4 Å². The summed E-state index contributed by atoms with van der Waals surface area (Å²) in [5.74, 6) is 6.64. The molecule has 0 unspecified atom stereocenters. The summed E-state index contributed by atoms with van der Waals surface area (Å²) in [5, 5.41) is 4.89. The Morgan fingerprint density at radius 1 is 1.25 bits per heavy atom. The summed E-state index contributed by atoms with van der Waals surface area (Å²) in [5.41, 5.74) is 1.54. The SMILES string of the molecule is COc1ccc(-c2cc3cn(C)nc3c(=O)n2N)cc1. The zero-order chi connectivity index (χ0) is 14.3. The van der Waals surface area contributed by atoms with Gasteiger partial charge in [-0.25, -0.2) is 4.68 Å². The molecule has 2 heterocycles. The second-order valence-electron chi connectivity index (χ2n) is 4.54. The zero-order valence-electron chi connectivity index (χ0n) is 11.2. The molecule has 102 valence electrons. The first-order chi connectivity index (χ1) is 9.60. The Bertz CT molecular complexity index is 831. The van der Waals surface area contributed by atoms with E-state index >= 15 is 0 Å². The molecule has 0 amide bonds. The van der Waals surface area contributed by atoms with Gasteiger partial charge in [0.1, 0.15) is 5.75 Å². The number of pyridine rings is 1. The van der Waals surface area contributed by atoms with Crippen molar-refractivity contribution >= 4 is 10.9 Å². The van der Waals surface area contributed by atoms with Gasteiger partial charge in [-0.05, 0) is 30.3 Å². The molecule has 0 fully saturated rings. The van der Waals surface area contributed by atoms with E-state index < -0.39 is 0 Å². The van der Waals surface area contributed by atoms with E-state index in [1.165, 1.54) is 0 Å². The number of nitrogens with two attached hydrogens (primary N) is 1. The van der Waals surface area contributed by atoms with E-state index in [1.54, 1.807) is 25.0 Å². The van der Waals surface area contributed by atoms with Gasteiger partial charge in [-0.3, -0.25) is 9.48 Å². The number of nitrogens with zero attached hydrogens (tertiary/aromatic N) is 3. The summed E-state index contributed by atoms with van der Waals surface area (Å²) in [6.07, 6.45) is 1.80. The maximum Gasteiger partial charge on any atom is 0.297 e. The number of rotatable bonds is 2. The fourth-order valence-corrected chi connectivity index (χ4v) is 2.20. The lowest BCUT2D eigenvalue weighted by atomic mass is 10.1. The summed E-state index contributed by atoms with van der Waals surface area (Å²) >= 11 is 0. The molecule has 0 radical (unpaired) electrons. The first-order valence-corrected chi connectivity index (χ1v) is 6.09. The van der Waals surface area contributed by atoms with Crippen molar-refractivity contribution in [3.8, 4) is 17.0 Å². The van der Waals surface area contributed by atoms with Gasteiger partial charge in [0, 0.05) is 24.2 Å². The van der Waals surface area contributed by atoms with Crippen molar-refractivity contribution in [2.75, 3.05) is 13.0 Å². The van der Waals surface area contributed by atoms with Gasteiger partial charge >= 0.3 is 0 Å². The minimum atomic E-state index is -0.311. The molecule has 6 heteroatoms. The van der Waals surface area contributed by atoms with Crippen molar-refractivity contribution in [1.82, 2.24) is 14.5 Å². The Hall–Kier alpha value is -2.76. The molecule has 0 saturated heterocycles. The van der Waals surface area contributed by atoms with Crippen LogP contribution in [0.5, 0.6) is 5.75 Å². The maximum atomic E-state index is 12.2. The number of benzene rings is 1. The van der Waals surface area contributed by atoms with Crippen molar-refractivity contribution in [2.24, 2.45) is 7.05 Å². The first kappa shape index (κ1) is 12.3. The van der Waals surface area contributed by atoms with Crippen LogP contribution in [-0.4, -0.2) is 21.6 Å². The van der Waals surface area contributed by atoms with Crippen molar-refractivity contribution in [3.63, 3.8) is 0 Å². The Morgan fingerprint density at radius 3 is 2.60 bits per heavy atom. The minimum absolute atomic E-state index is 0.311. The van der Waals surface area contributed by atoms with Crippen LogP contribution < -0.4 is 16.1 Å². The predicted octanol–water partition coefficient (Wildman–Crippen LogP) is 1.12. The number of aromatic nitrogens is 3. The minimum Gasteiger partial charge on any atom is -0.497 e. The Balaban J connectivity index is 2.24. The number of methoxy groups -OCH3 is 1. The maximum absolute atomic E-state index is 12.2. The van der Waals surface area contributed by atoms with E-state index in [-0.39, 0.29) is 5.56 Å². The van der Waals surface area contributed by atoms with Crippen molar-refractivity contribution in [2.45, 2.75) is 0 Å². The molecule has 0 aliphatic rings. The molecule has 3 rings (SSSR count). The molecule has 0 saturated carbocycles. The van der Waals surface area contributed by atoms with Crippen LogP contribution in [-0.2, 0) is 7.05 Å². The lowest BCUT2D eigenvalue weighted by Gasteiger charge is -2.08. The third kappa shape index (κ3) is 1.82. The van der Waals surface area contributed by atoms with Crippen LogP contribution in [0.4, 0.5) is 0 Å². The van der Waals surface area contributed by atoms with Gasteiger partial charge in [0.05, 0.1) is 12.8 Å². The second-order valence-corrected chi connectivity index (χ2v) is 4.54. The van der Waals surface area contributed by atoms with Crippen LogP contribution in [0.15, 0.2) is 41.3 Å². The largest absolute Gasteiger partial charge is 0.497 e. The number of fused-ring (bicyclic) bond motifs is 1. The Kier molecular flexibility index (Phi) is 2.71. The van der Waals surface area contributed by atoms with Gasteiger partial charge in [0.25, 0.3) is 5.56 Å². The van der Waals surface area contributed by atoms with E-state index in [4.69, 9.17) is 10.6 Å². The van der Waals surface area contributed by atoms with Crippen LogP contribution in [0.3, 0.4) is 0 Å². The molecule has 3 aromatic rings. The number of hydrogen-bond donors (Lipinski definition) is 1. The number of aryl methyl sites for hydroxylation is 1. The molecule has 0 atom stereocenters. The number of nitrogen functional groups attached to an aromatic ring is 1. The molecule has 2 N–H and O–H groups in total. The summed E-state index contributed by atoms with van der Waals surface area (Å²) in [7, 11) is 3.38. The molecule has 6 nitrogen and oxygen atoms in total. The van der Waals surface area contributed by atoms with Gasteiger partial charge < -0.3 is 10.6 Å². The van der Waals surface area contributed by atoms with Gasteiger partial charge in [-0.2, -0.15) is 5.10 Å². The molecular formula is C14H14N4O2. The highest BCUT2D eigenvalue weighted by Gasteiger charge is 2.11. The number of ether oxygens (including phenoxy) is 1. The van der Waals surface area contributed by atoms with Crippen LogP contribution >= 0.6 is 0 Å². The molecule has 2 aromatic heterocycles. The average molecular weight is 270 g/mol. The summed E-state index contributed by atoms with van der Waals surface area (Å²) in [6.45, 7) is 0. The summed E-state index contributed by atoms with van der Waals surface area (Å²) in [4.78, 5) is 12.2. The molecule has 0 spiro atoms. The van der Waals surface area contributed by atoms with Crippen molar-refractivity contribution < 1.29 is 4.74 Å². The van der Waals surface area contributed by atoms with Gasteiger partial charge in [0.15, 0.2) is 5.52 Å². The third-order valence-corrected chi connectivity index (χ3v) is 3.22. The highest BCUT2D eigenvalue weighted by Crippen LogP contribution is 2.22. The van der Waals surface area contributed by atoms with E-state index in [0.29, 0.717) is 11.2 Å². The monoisotopic (exact) mass is 270 g/mol. The molecular weight excluding hydrogens is 256 g/mol. The van der Waals surface area contributed by atoms with Gasteiger partial charge in [-0.1, -0.05) is 0 Å². The molecule has 0 aliphatic heterocycles. The average Bonchev–Trinajstić information content (AvgIpc) is 2.84. The third-order valence-electron chi connectivity index (χ3n) is 3.22. The Labute approximate surface area is 115 Å². The lowest BCUT2D eigenvalue weighted by Crippen LogP contribution is -2.28. The van der Waals surface area contributed by atoms with Crippen molar-refractivity contribution in [1.29, 1.82) is 0 Å². The summed E-state index contributed by atoms with van der Waals surface area (Å²) < 4.78 is 7.84. The molecule has 20 heavy (non-hydrogen) atoms. The summed E-state index contributed by atoms with van der Waals surface area (Å²) in [6, 6.07) is 9.23. The van der Waals surface area contributed by atoms with Gasteiger partial charge in [-0.15, -0.1) is 0 Å². The van der Waals surface area contributed by atoms with E-state index in [9.17, 15) is 4.79 Å². The van der Waals surface area contributed by atoms with E-state index in [2.05, 4.69) is 5.10 Å². The Morgan fingerprint density at radius 2 is 1.95 bits per heavy atom. The zero-order valence-corrected chi connectivity index (χ0v) is 11.2. The van der Waals surface area contributed by atoms with Crippen molar-refractivity contribution in [3.05, 3.63) is 46.9 Å². The normalized spacial score (nSPS) is 10.9. The second kappa shape index (κ2) is 4.41. The highest BCUT2D eigenvalue weighted by molar-refractivity contribution is 5.82. The van der Waals surface area contributed by atoms with Crippen LogP contribution in [0.1, 0.15) is 0 Å². The quantitative estimate of drug-likeness (QED) is 0.708. The van der Waals surface area contributed by atoms with E-state index in [1.807, 2.05) is 30.3 Å². The molecule has 1 aromatic carbocycles. The standard InChI is InChI=1S/C14H14N4O2/c1-17-8-10-7-12(18(15)14(19)13(10)16-17)9-3-5-11(20-2)6-4-9/h3-8H,15H2,1-2H3. The molecule has 0 aliphatic carbocycles. The fourth-order valence-electron chi connectivity index (χ4n) is 2.20. The lowest BCUT2D eigenvalue weighted by molar-refractivity contribution is 0.415. The predicted molar refractivity (Wildman–Crippen MR) is 77.1 cm³/mol. The number of hydrogen-bond acceptors (Lipinski definition) is 4. The van der Waals surface area contributed by atoms with Gasteiger partial charge in [0.2, 0.25) is 0 Å². The fraction of sp³-hybridized carbons (Fsp3) is 0.143. The van der Waals surface area contributed by atoms with Crippen LogP contribution in [0, 0.1) is 0 Å². The molecule has 0 bridgehead atoms.